The Bertz CT molecular complexity index is 455. The lowest BCUT2D eigenvalue weighted by atomic mass is 9.94. The van der Waals surface area contributed by atoms with Gasteiger partial charge in [0.25, 0.3) is 0 Å². The van der Waals surface area contributed by atoms with Crippen molar-refractivity contribution in [1.82, 2.24) is 5.32 Å². The minimum Gasteiger partial charge on any atom is -0.493 e. The van der Waals surface area contributed by atoms with Gasteiger partial charge in [-0.15, -0.1) is 0 Å². The normalized spacial score (nSPS) is 22.6. The van der Waals surface area contributed by atoms with Crippen LogP contribution < -0.4 is 10.1 Å². The molecule has 0 bridgehead atoms. The van der Waals surface area contributed by atoms with E-state index in [0.29, 0.717) is 12.1 Å². The predicted molar refractivity (Wildman–Crippen MR) is 84.9 cm³/mol. The lowest BCUT2D eigenvalue weighted by Crippen LogP contribution is -2.24. The fourth-order valence-corrected chi connectivity index (χ4v) is 3.53. The van der Waals surface area contributed by atoms with E-state index in [-0.39, 0.29) is 0 Å². The highest BCUT2D eigenvalue weighted by molar-refractivity contribution is 5.44. The van der Waals surface area contributed by atoms with Crippen LogP contribution in [0.25, 0.3) is 0 Å². The molecule has 2 unspecified atom stereocenters. The molecule has 2 heterocycles. The average Bonchev–Trinajstić information content (AvgIpc) is 3.04. The Labute approximate surface area is 128 Å². The molecule has 3 rings (SSSR count). The predicted octanol–water partition coefficient (Wildman–Crippen LogP) is 3.62. The molecule has 21 heavy (non-hydrogen) atoms. The van der Waals surface area contributed by atoms with E-state index >= 15 is 0 Å². The van der Waals surface area contributed by atoms with Crippen molar-refractivity contribution < 1.29 is 9.47 Å². The summed E-state index contributed by atoms with van der Waals surface area (Å²) in [5.41, 5.74) is 2.71. The lowest BCUT2D eigenvalue weighted by Gasteiger charge is -2.26. The van der Waals surface area contributed by atoms with Crippen LogP contribution in [0.2, 0.25) is 0 Å². The van der Waals surface area contributed by atoms with Gasteiger partial charge in [-0.05, 0) is 50.6 Å². The summed E-state index contributed by atoms with van der Waals surface area (Å²) >= 11 is 0. The van der Waals surface area contributed by atoms with Gasteiger partial charge in [-0.25, -0.2) is 0 Å². The minimum atomic E-state index is 0.382. The zero-order valence-corrected chi connectivity index (χ0v) is 13.1. The van der Waals surface area contributed by atoms with Crippen LogP contribution in [-0.4, -0.2) is 25.9 Å². The van der Waals surface area contributed by atoms with Gasteiger partial charge in [-0.1, -0.05) is 25.1 Å². The van der Waals surface area contributed by atoms with Crippen LogP contribution >= 0.6 is 0 Å². The molecule has 1 saturated heterocycles. The van der Waals surface area contributed by atoms with Crippen molar-refractivity contribution in [3.8, 4) is 5.75 Å². The number of aryl methyl sites for hydroxylation is 1. The van der Waals surface area contributed by atoms with Crippen LogP contribution in [0.15, 0.2) is 18.2 Å². The SMILES string of the molecule is CCNC(CCC1CCCO1)c1cccc2c1OCCC2. The molecule has 116 valence electrons. The van der Waals surface area contributed by atoms with E-state index in [1.165, 1.54) is 24.0 Å². The molecule has 2 atom stereocenters. The molecule has 0 saturated carbocycles. The minimum absolute atomic E-state index is 0.382. The summed E-state index contributed by atoms with van der Waals surface area (Å²) < 4.78 is 11.8. The van der Waals surface area contributed by atoms with Gasteiger partial charge in [-0.2, -0.15) is 0 Å². The molecule has 1 aromatic rings. The highest BCUT2D eigenvalue weighted by Crippen LogP contribution is 2.35. The van der Waals surface area contributed by atoms with Gasteiger partial charge < -0.3 is 14.8 Å². The fraction of sp³-hybridized carbons (Fsp3) is 0.667. The summed E-state index contributed by atoms with van der Waals surface area (Å²) in [5.74, 6) is 1.14. The van der Waals surface area contributed by atoms with Crippen molar-refractivity contribution in [1.29, 1.82) is 0 Å². The van der Waals surface area contributed by atoms with Gasteiger partial charge in [0.05, 0.1) is 12.7 Å². The highest BCUT2D eigenvalue weighted by atomic mass is 16.5. The smallest absolute Gasteiger partial charge is 0.127 e. The first kappa shape index (κ1) is 14.9. The lowest BCUT2D eigenvalue weighted by molar-refractivity contribution is 0.0995. The van der Waals surface area contributed by atoms with Crippen molar-refractivity contribution in [2.75, 3.05) is 19.8 Å². The van der Waals surface area contributed by atoms with E-state index in [1.807, 2.05) is 0 Å². The Morgan fingerprint density at radius 2 is 2.24 bits per heavy atom. The number of benzene rings is 1. The van der Waals surface area contributed by atoms with Gasteiger partial charge in [0, 0.05) is 18.2 Å². The third-order valence-electron chi connectivity index (χ3n) is 4.59. The molecule has 1 N–H and O–H groups in total. The molecule has 2 aliphatic rings. The molecule has 0 aromatic heterocycles. The maximum absolute atomic E-state index is 5.98. The Morgan fingerprint density at radius 3 is 3.05 bits per heavy atom. The Kier molecular flexibility index (Phi) is 5.15. The van der Waals surface area contributed by atoms with E-state index in [9.17, 15) is 0 Å². The van der Waals surface area contributed by atoms with Gasteiger partial charge in [0.2, 0.25) is 0 Å². The number of rotatable bonds is 6. The number of ether oxygens (including phenoxy) is 2. The molecule has 0 aliphatic carbocycles. The first-order valence-corrected chi connectivity index (χ1v) is 8.48. The Hall–Kier alpha value is -1.06. The van der Waals surface area contributed by atoms with E-state index in [1.54, 1.807) is 0 Å². The van der Waals surface area contributed by atoms with Crippen molar-refractivity contribution in [2.45, 2.75) is 57.6 Å². The zero-order chi connectivity index (χ0) is 14.5. The fourth-order valence-electron chi connectivity index (χ4n) is 3.53. The maximum atomic E-state index is 5.98. The summed E-state index contributed by atoms with van der Waals surface area (Å²) in [6.07, 6.45) is 7.46. The molecule has 1 aromatic carbocycles. The van der Waals surface area contributed by atoms with Crippen LogP contribution in [0.5, 0.6) is 5.75 Å². The van der Waals surface area contributed by atoms with Crippen molar-refractivity contribution in [3.63, 3.8) is 0 Å². The van der Waals surface area contributed by atoms with Crippen molar-refractivity contribution in [3.05, 3.63) is 29.3 Å². The number of fused-ring (bicyclic) bond motifs is 1. The first-order valence-electron chi connectivity index (χ1n) is 8.48. The third kappa shape index (κ3) is 3.58. The van der Waals surface area contributed by atoms with Gasteiger partial charge in [-0.3, -0.25) is 0 Å². The summed E-state index contributed by atoms with van der Waals surface area (Å²) in [4.78, 5) is 0. The molecule has 0 amide bonds. The zero-order valence-electron chi connectivity index (χ0n) is 13.1. The van der Waals surface area contributed by atoms with Crippen molar-refractivity contribution >= 4 is 0 Å². The van der Waals surface area contributed by atoms with E-state index in [0.717, 1.165) is 51.2 Å². The molecular weight excluding hydrogens is 262 g/mol. The summed E-state index contributed by atoms with van der Waals surface area (Å²) in [6.45, 7) is 4.96. The van der Waals surface area contributed by atoms with E-state index in [2.05, 4.69) is 30.4 Å². The maximum Gasteiger partial charge on any atom is 0.127 e. The number of hydrogen-bond acceptors (Lipinski definition) is 3. The second-order valence-electron chi connectivity index (χ2n) is 6.11. The van der Waals surface area contributed by atoms with Crippen LogP contribution in [-0.2, 0) is 11.2 Å². The van der Waals surface area contributed by atoms with E-state index < -0.39 is 0 Å². The van der Waals surface area contributed by atoms with Crippen molar-refractivity contribution in [2.24, 2.45) is 0 Å². The monoisotopic (exact) mass is 289 g/mol. The molecule has 0 spiro atoms. The van der Waals surface area contributed by atoms with Crippen LogP contribution in [0.1, 0.15) is 56.2 Å². The Morgan fingerprint density at radius 1 is 1.29 bits per heavy atom. The number of para-hydroxylation sites is 1. The van der Waals surface area contributed by atoms with Crippen LogP contribution in [0.3, 0.4) is 0 Å². The highest BCUT2D eigenvalue weighted by Gasteiger charge is 2.23. The van der Waals surface area contributed by atoms with Gasteiger partial charge in [0.1, 0.15) is 5.75 Å². The van der Waals surface area contributed by atoms with Gasteiger partial charge in [0.15, 0.2) is 0 Å². The summed E-state index contributed by atoms with van der Waals surface area (Å²) in [5, 5.41) is 3.64. The van der Waals surface area contributed by atoms with Gasteiger partial charge >= 0.3 is 0 Å². The number of nitrogens with one attached hydrogen (secondary N) is 1. The molecule has 2 aliphatic heterocycles. The molecule has 0 radical (unpaired) electrons. The summed E-state index contributed by atoms with van der Waals surface area (Å²) in [6, 6.07) is 7.00. The Balaban J connectivity index is 1.73. The standard InChI is InChI=1S/C18H27NO2/c1-2-19-17(11-10-15-8-5-12-20-15)16-9-3-6-14-7-4-13-21-18(14)16/h3,6,9,15,17,19H,2,4-5,7-8,10-13H2,1H3. The topological polar surface area (TPSA) is 30.5 Å². The van der Waals surface area contributed by atoms with Crippen LogP contribution in [0.4, 0.5) is 0 Å². The second-order valence-corrected chi connectivity index (χ2v) is 6.11. The van der Waals surface area contributed by atoms with Crippen LogP contribution in [0, 0.1) is 0 Å². The molecular formula is C18H27NO2. The van der Waals surface area contributed by atoms with E-state index in [4.69, 9.17) is 9.47 Å². The second kappa shape index (κ2) is 7.28. The quantitative estimate of drug-likeness (QED) is 0.867. The first-order chi connectivity index (χ1) is 10.4. The largest absolute Gasteiger partial charge is 0.493 e. The third-order valence-corrected chi connectivity index (χ3v) is 4.59. The molecule has 3 nitrogen and oxygen atoms in total. The average molecular weight is 289 g/mol. The summed E-state index contributed by atoms with van der Waals surface area (Å²) in [7, 11) is 0. The molecule has 1 fully saturated rings. The number of hydrogen-bond donors (Lipinski definition) is 1. The molecule has 3 heteroatoms.